The van der Waals surface area contributed by atoms with Crippen molar-refractivity contribution in [3.05, 3.63) is 29.3 Å². The first-order valence-electron chi connectivity index (χ1n) is 15.1. The minimum Gasteiger partial charge on any atom is -0.459 e. The second kappa shape index (κ2) is 16.6. The number of rotatable bonds is 7. The summed E-state index contributed by atoms with van der Waals surface area (Å²) in [5, 5.41) is 19.3. The van der Waals surface area contributed by atoms with Gasteiger partial charge in [-0.25, -0.2) is 23.2 Å². The van der Waals surface area contributed by atoms with Crippen LogP contribution in [0.2, 0.25) is 0 Å². The summed E-state index contributed by atoms with van der Waals surface area (Å²) >= 11 is 0. The van der Waals surface area contributed by atoms with Crippen LogP contribution in [0.1, 0.15) is 79.7 Å². The Labute approximate surface area is 258 Å². The van der Waals surface area contributed by atoms with Crippen molar-refractivity contribution in [2.24, 2.45) is 5.92 Å². The number of ether oxygens (including phenoxy) is 3. The molecule has 11 nitrogen and oxygen atoms in total. The summed E-state index contributed by atoms with van der Waals surface area (Å²) in [6.45, 7) is 13.8. The van der Waals surface area contributed by atoms with Crippen molar-refractivity contribution in [3.63, 3.8) is 0 Å². The SMILES string of the molecule is CC(C)C(NC(=O)OC(C)(C)C)C(=O)OCc1cc(F)c(N2CCC(=N)CC2)cc1F.CC(C)OC(=O)N1CCC(O)CC1. The molecule has 0 bridgehead atoms. The number of alkyl carbamates (subject to hydrolysis) is 1. The van der Waals surface area contributed by atoms with Crippen LogP contribution in [0.25, 0.3) is 0 Å². The number of nitrogens with one attached hydrogen (secondary N) is 2. The zero-order valence-corrected chi connectivity index (χ0v) is 26.9. The third kappa shape index (κ3) is 12.3. The Morgan fingerprint density at radius 1 is 1.02 bits per heavy atom. The van der Waals surface area contributed by atoms with Crippen molar-refractivity contribution < 1.29 is 42.5 Å². The smallest absolute Gasteiger partial charge is 0.410 e. The highest BCUT2D eigenvalue weighted by Gasteiger charge is 2.29. The van der Waals surface area contributed by atoms with Gasteiger partial charge in [-0.15, -0.1) is 0 Å². The molecule has 2 amide bonds. The van der Waals surface area contributed by atoms with Crippen LogP contribution in [0.3, 0.4) is 0 Å². The van der Waals surface area contributed by atoms with Gasteiger partial charge in [0.25, 0.3) is 0 Å². The van der Waals surface area contributed by atoms with E-state index >= 15 is 0 Å². The van der Waals surface area contributed by atoms with Gasteiger partial charge in [0.2, 0.25) is 0 Å². The number of piperidine rings is 2. The summed E-state index contributed by atoms with van der Waals surface area (Å²) in [4.78, 5) is 39.1. The van der Waals surface area contributed by atoms with Gasteiger partial charge in [-0.1, -0.05) is 13.8 Å². The lowest BCUT2D eigenvalue weighted by Crippen LogP contribution is -2.47. The summed E-state index contributed by atoms with van der Waals surface area (Å²) in [7, 11) is 0. The monoisotopic (exact) mass is 626 g/mol. The van der Waals surface area contributed by atoms with Crippen LogP contribution in [0.5, 0.6) is 0 Å². The summed E-state index contributed by atoms with van der Waals surface area (Å²) in [6, 6.07) is 1.11. The molecule has 1 aromatic carbocycles. The second-order valence-electron chi connectivity index (χ2n) is 12.6. The van der Waals surface area contributed by atoms with Gasteiger partial charge in [-0.2, -0.15) is 0 Å². The van der Waals surface area contributed by atoms with E-state index in [4.69, 9.17) is 19.6 Å². The van der Waals surface area contributed by atoms with Gasteiger partial charge < -0.3 is 39.8 Å². The van der Waals surface area contributed by atoms with E-state index in [-0.39, 0.29) is 35.5 Å². The fourth-order valence-electron chi connectivity index (χ4n) is 4.44. The number of anilines is 1. The van der Waals surface area contributed by atoms with Gasteiger partial charge in [0.1, 0.15) is 29.9 Å². The predicted octanol–water partition coefficient (Wildman–Crippen LogP) is 5.17. The van der Waals surface area contributed by atoms with Crippen LogP contribution in [0.15, 0.2) is 12.1 Å². The van der Waals surface area contributed by atoms with E-state index in [9.17, 15) is 28.3 Å². The van der Waals surface area contributed by atoms with Crippen LogP contribution < -0.4 is 10.2 Å². The van der Waals surface area contributed by atoms with Crippen molar-refractivity contribution in [1.82, 2.24) is 10.2 Å². The molecule has 2 fully saturated rings. The molecule has 13 heteroatoms. The van der Waals surface area contributed by atoms with Gasteiger partial charge in [0.15, 0.2) is 0 Å². The fourth-order valence-corrected chi connectivity index (χ4v) is 4.44. The van der Waals surface area contributed by atoms with Gasteiger partial charge in [-0.05, 0) is 59.4 Å². The van der Waals surface area contributed by atoms with Gasteiger partial charge in [0, 0.05) is 56.4 Å². The molecule has 2 aliphatic heterocycles. The number of aliphatic hydroxyl groups excluding tert-OH is 1. The standard InChI is InChI=1S/C22H31F2N3O4.C9H17NO3/c1-13(2)19(26-21(29)31-22(3,4)5)20(28)30-12-14-10-17(24)18(11-16(14)23)27-8-6-15(25)7-9-27;1-7(2)13-9(12)10-5-3-8(11)4-6-10/h10-11,13,19,25H,6-9,12H2,1-5H3,(H,26,29);7-8,11H,3-6H2,1-2H3. The molecule has 0 aliphatic carbocycles. The molecule has 2 aliphatic rings. The zero-order valence-electron chi connectivity index (χ0n) is 26.9. The molecule has 1 aromatic rings. The molecule has 2 heterocycles. The number of hydrogen-bond acceptors (Lipinski definition) is 9. The van der Waals surface area contributed by atoms with E-state index in [1.165, 1.54) is 0 Å². The maximum absolute atomic E-state index is 14.6. The lowest BCUT2D eigenvalue weighted by molar-refractivity contribution is -0.148. The highest BCUT2D eigenvalue weighted by molar-refractivity contribution is 5.84. The number of esters is 1. The number of aliphatic hydroxyl groups is 1. The molecule has 2 saturated heterocycles. The first-order valence-corrected chi connectivity index (χ1v) is 15.1. The van der Waals surface area contributed by atoms with Crippen LogP contribution in [-0.4, -0.2) is 83.9 Å². The van der Waals surface area contributed by atoms with Crippen LogP contribution in [-0.2, 0) is 25.6 Å². The van der Waals surface area contributed by atoms with Crippen LogP contribution in [0, 0.1) is 23.0 Å². The molecular weight excluding hydrogens is 578 g/mol. The summed E-state index contributed by atoms with van der Waals surface area (Å²) in [6.07, 6.45) is 1.01. The molecule has 1 unspecified atom stereocenters. The molecule has 0 spiro atoms. The average molecular weight is 627 g/mol. The Hall–Kier alpha value is -3.48. The van der Waals surface area contributed by atoms with Crippen LogP contribution >= 0.6 is 0 Å². The molecule has 248 valence electrons. The Bertz CT molecular complexity index is 1140. The van der Waals surface area contributed by atoms with Gasteiger partial charge >= 0.3 is 18.2 Å². The number of nitrogens with zero attached hydrogens (tertiary/aromatic N) is 2. The maximum atomic E-state index is 14.6. The lowest BCUT2D eigenvalue weighted by Gasteiger charge is -2.29. The van der Waals surface area contributed by atoms with E-state index in [0.717, 1.165) is 12.1 Å². The quantitative estimate of drug-likeness (QED) is 0.278. The fraction of sp³-hybridized carbons (Fsp3) is 0.677. The Kier molecular flexibility index (Phi) is 13.8. The van der Waals surface area contributed by atoms with Crippen molar-refractivity contribution in [2.75, 3.05) is 31.1 Å². The van der Waals surface area contributed by atoms with E-state index in [1.807, 2.05) is 13.8 Å². The minimum absolute atomic E-state index is 0.0700. The van der Waals surface area contributed by atoms with Crippen molar-refractivity contribution >= 4 is 29.6 Å². The number of halogens is 2. The number of benzene rings is 1. The average Bonchev–Trinajstić information content (AvgIpc) is 2.91. The molecule has 0 saturated carbocycles. The largest absolute Gasteiger partial charge is 0.459 e. The Morgan fingerprint density at radius 2 is 1.61 bits per heavy atom. The topological polar surface area (TPSA) is 141 Å². The predicted molar refractivity (Wildman–Crippen MR) is 162 cm³/mol. The van der Waals surface area contributed by atoms with Gasteiger partial charge in [0.05, 0.1) is 17.9 Å². The molecule has 3 rings (SSSR count). The van der Waals surface area contributed by atoms with E-state index < -0.39 is 41.9 Å². The highest BCUT2D eigenvalue weighted by atomic mass is 19.1. The number of amides is 2. The summed E-state index contributed by atoms with van der Waals surface area (Å²) in [5.74, 6) is -2.37. The third-order valence-corrected chi connectivity index (χ3v) is 6.85. The number of likely N-dealkylation sites (tertiary alicyclic amines) is 1. The molecule has 44 heavy (non-hydrogen) atoms. The first kappa shape index (κ1) is 36.7. The summed E-state index contributed by atoms with van der Waals surface area (Å²) in [5.41, 5.74) is -0.0989. The summed E-state index contributed by atoms with van der Waals surface area (Å²) < 4.78 is 44.5. The molecule has 1 atom stereocenters. The van der Waals surface area contributed by atoms with E-state index in [0.29, 0.717) is 57.6 Å². The van der Waals surface area contributed by atoms with E-state index in [2.05, 4.69) is 5.32 Å². The second-order valence-corrected chi connectivity index (χ2v) is 12.6. The number of hydrogen-bond donors (Lipinski definition) is 3. The normalized spacial score (nSPS) is 16.7. The van der Waals surface area contributed by atoms with Crippen molar-refractivity contribution in [3.8, 4) is 0 Å². The van der Waals surface area contributed by atoms with E-state index in [1.54, 1.807) is 44.4 Å². The lowest BCUT2D eigenvalue weighted by atomic mass is 10.0. The first-order chi connectivity index (χ1) is 20.5. The molecule has 0 radical (unpaired) electrons. The third-order valence-electron chi connectivity index (χ3n) is 6.85. The maximum Gasteiger partial charge on any atom is 0.410 e. The number of carbonyl (C=O) groups excluding carboxylic acids is 3. The minimum atomic E-state index is -0.995. The number of carbonyl (C=O) groups is 3. The molecular formula is C31H48F2N4O7. The van der Waals surface area contributed by atoms with Crippen molar-refractivity contribution in [2.45, 2.75) is 105 Å². The Balaban J connectivity index is 0.000000432. The molecule has 3 N–H and O–H groups in total. The Morgan fingerprint density at radius 3 is 2.14 bits per heavy atom. The molecule has 0 aromatic heterocycles. The highest BCUT2D eigenvalue weighted by Crippen LogP contribution is 2.26. The zero-order chi connectivity index (χ0) is 33.2. The van der Waals surface area contributed by atoms with Gasteiger partial charge in [-0.3, -0.25) is 0 Å². The van der Waals surface area contributed by atoms with Crippen LogP contribution in [0.4, 0.5) is 24.1 Å². The van der Waals surface area contributed by atoms with Crippen molar-refractivity contribution in [1.29, 1.82) is 5.41 Å².